The van der Waals surface area contributed by atoms with Gasteiger partial charge in [0, 0.05) is 18.3 Å². The zero-order valence-corrected chi connectivity index (χ0v) is 9.36. The van der Waals surface area contributed by atoms with E-state index in [2.05, 4.69) is 12.2 Å². The minimum absolute atomic E-state index is 0.154. The van der Waals surface area contributed by atoms with Gasteiger partial charge in [-0.15, -0.1) is 11.6 Å². The minimum atomic E-state index is 0.154. The van der Waals surface area contributed by atoms with E-state index in [1.807, 2.05) is 6.92 Å². The maximum Gasteiger partial charge on any atom is 0.222 e. The molecule has 0 fully saturated rings. The van der Waals surface area contributed by atoms with Gasteiger partial charge in [0.25, 0.3) is 0 Å². The lowest BCUT2D eigenvalue weighted by Gasteiger charge is -2.10. The van der Waals surface area contributed by atoms with Crippen molar-refractivity contribution in [2.45, 2.75) is 39.5 Å². The van der Waals surface area contributed by atoms with Crippen molar-refractivity contribution >= 4 is 17.5 Å². The first kappa shape index (κ1) is 12.8. The van der Waals surface area contributed by atoms with Crippen molar-refractivity contribution in [3.63, 3.8) is 0 Å². The zero-order chi connectivity index (χ0) is 10.1. The van der Waals surface area contributed by atoms with Gasteiger partial charge in [-0.3, -0.25) is 4.79 Å². The van der Waals surface area contributed by atoms with Crippen LogP contribution in [-0.2, 0) is 4.79 Å². The van der Waals surface area contributed by atoms with Gasteiger partial charge in [-0.2, -0.15) is 0 Å². The van der Waals surface area contributed by atoms with Gasteiger partial charge in [0.15, 0.2) is 0 Å². The topological polar surface area (TPSA) is 29.1 Å². The molecule has 1 amide bonds. The quantitative estimate of drug-likeness (QED) is 0.503. The third-order valence-electron chi connectivity index (χ3n) is 2.03. The van der Waals surface area contributed by atoms with Crippen LogP contribution in [0.3, 0.4) is 0 Å². The molecule has 0 rings (SSSR count). The predicted molar refractivity (Wildman–Crippen MR) is 57.0 cm³/mol. The lowest BCUT2D eigenvalue weighted by molar-refractivity contribution is -0.124. The predicted octanol–water partition coefficient (Wildman–Crippen LogP) is 2.56. The number of unbranched alkanes of at least 4 members (excludes halogenated alkanes) is 1. The molecule has 13 heavy (non-hydrogen) atoms. The summed E-state index contributed by atoms with van der Waals surface area (Å²) in [6, 6.07) is 0. The van der Waals surface area contributed by atoms with E-state index in [-0.39, 0.29) is 11.8 Å². The number of carbonyl (C=O) groups is 1. The molecule has 0 heterocycles. The van der Waals surface area contributed by atoms with E-state index >= 15 is 0 Å². The summed E-state index contributed by atoms with van der Waals surface area (Å²) in [5.74, 6) is 1.01. The van der Waals surface area contributed by atoms with Crippen molar-refractivity contribution < 1.29 is 4.79 Å². The van der Waals surface area contributed by atoms with Crippen LogP contribution in [0.1, 0.15) is 39.5 Å². The Balaban J connectivity index is 3.38. The SMILES string of the molecule is CCCC(C)C(=O)NCCCCCl. The Hall–Kier alpha value is -0.240. The third-order valence-corrected chi connectivity index (χ3v) is 2.30. The molecule has 0 saturated heterocycles. The summed E-state index contributed by atoms with van der Waals surface area (Å²) < 4.78 is 0. The van der Waals surface area contributed by atoms with Crippen LogP contribution < -0.4 is 5.32 Å². The van der Waals surface area contributed by atoms with Gasteiger partial charge in [0.05, 0.1) is 0 Å². The first-order valence-corrected chi connectivity index (χ1v) is 5.59. The molecular formula is C10H20ClNO. The fourth-order valence-corrected chi connectivity index (χ4v) is 1.36. The van der Waals surface area contributed by atoms with Gasteiger partial charge in [0.1, 0.15) is 0 Å². The molecule has 3 heteroatoms. The molecule has 0 saturated carbocycles. The highest BCUT2D eigenvalue weighted by Gasteiger charge is 2.09. The van der Waals surface area contributed by atoms with E-state index < -0.39 is 0 Å². The Morgan fingerprint density at radius 2 is 2.15 bits per heavy atom. The highest BCUT2D eigenvalue weighted by molar-refractivity contribution is 6.17. The Kier molecular flexibility index (Phi) is 8.21. The van der Waals surface area contributed by atoms with Crippen LogP contribution in [0.15, 0.2) is 0 Å². The van der Waals surface area contributed by atoms with E-state index in [0.29, 0.717) is 5.88 Å². The summed E-state index contributed by atoms with van der Waals surface area (Å²) in [4.78, 5) is 11.4. The molecule has 0 bridgehead atoms. The molecule has 0 radical (unpaired) electrons. The van der Waals surface area contributed by atoms with Gasteiger partial charge < -0.3 is 5.32 Å². The first-order valence-electron chi connectivity index (χ1n) is 5.06. The molecule has 1 atom stereocenters. The number of amides is 1. The van der Waals surface area contributed by atoms with Crippen molar-refractivity contribution in [3.05, 3.63) is 0 Å². The van der Waals surface area contributed by atoms with Crippen LogP contribution in [0.2, 0.25) is 0 Å². The fourth-order valence-electron chi connectivity index (χ4n) is 1.17. The first-order chi connectivity index (χ1) is 6.22. The number of hydrogen-bond donors (Lipinski definition) is 1. The number of halogens is 1. The van der Waals surface area contributed by atoms with Gasteiger partial charge in [-0.25, -0.2) is 0 Å². The van der Waals surface area contributed by atoms with Gasteiger partial charge in [-0.1, -0.05) is 20.3 Å². The summed E-state index contributed by atoms with van der Waals surface area (Å²) in [6.07, 6.45) is 4.00. The van der Waals surface area contributed by atoms with E-state index in [1.54, 1.807) is 0 Å². The number of rotatable bonds is 7. The Morgan fingerprint density at radius 1 is 1.46 bits per heavy atom. The molecule has 0 aliphatic heterocycles. The maximum absolute atomic E-state index is 11.4. The van der Waals surface area contributed by atoms with Gasteiger partial charge in [0.2, 0.25) is 5.91 Å². The van der Waals surface area contributed by atoms with Crippen molar-refractivity contribution in [1.29, 1.82) is 0 Å². The summed E-state index contributed by atoms with van der Waals surface area (Å²) in [5, 5.41) is 2.90. The van der Waals surface area contributed by atoms with E-state index in [1.165, 1.54) is 0 Å². The molecule has 0 aliphatic carbocycles. The molecule has 0 aromatic carbocycles. The monoisotopic (exact) mass is 205 g/mol. The zero-order valence-electron chi connectivity index (χ0n) is 8.61. The molecule has 0 aromatic rings. The van der Waals surface area contributed by atoms with E-state index in [9.17, 15) is 4.79 Å². The lowest BCUT2D eigenvalue weighted by Crippen LogP contribution is -2.29. The van der Waals surface area contributed by atoms with Crippen molar-refractivity contribution in [2.24, 2.45) is 5.92 Å². The molecule has 0 spiro atoms. The number of hydrogen-bond acceptors (Lipinski definition) is 1. The number of carbonyl (C=O) groups excluding carboxylic acids is 1. The van der Waals surface area contributed by atoms with Crippen LogP contribution in [0.5, 0.6) is 0 Å². The van der Waals surface area contributed by atoms with Gasteiger partial charge >= 0.3 is 0 Å². The van der Waals surface area contributed by atoms with E-state index in [0.717, 1.165) is 32.2 Å². The molecule has 78 valence electrons. The van der Waals surface area contributed by atoms with Crippen molar-refractivity contribution in [3.8, 4) is 0 Å². The molecule has 0 aromatic heterocycles. The van der Waals surface area contributed by atoms with Crippen LogP contribution in [0.4, 0.5) is 0 Å². The second-order valence-corrected chi connectivity index (χ2v) is 3.75. The Labute approximate surface area is 86.0 Å². The highest BCUT2D eigenvalue weighted by atomic mass is 35.5. The molecule has 2 nitrogen and oxygen atoms in total. The Morgan fingerprint density at radius 3 is 2.69 bits per heavy atom. The van der Waals surface area contributed by atoms with Crippen LogP contribution >= 0.6 is 11.6 Å². The average Bonchev–Trinajstić information content (AvgIpc) is 2.12. The summed E-state index contributed by atoms with van der Waals surface area (Å²) in [5.41, 5.74) is 0. The average molecular weight is 206 g/mol. The second kappa shape index (κ2) is 8.36. The standard InChI is InChI=1S/C10H20ClNO/c1-3-6-9(2)10(13)12-8-5-4-7-11/h9H,3-8H2,1-2H3,(H,12,13). The molecule has 0 aliphatic rings. The Bertz CT molecular complexity index is 139. The van der Waals surface area contributed by atoms with E-state index in [4.69, 9.17) is 11.6 Å². The maximum atomic E-state index is 11.4. The highest BCUT2D eigenvalue weighted by Crippen LogP contribution is 2.04. The lowest BCUT2D eigenvalue weighted by atomic mass is 10.1. The molecular weight excluding hydrogens is 186 g/mol. The van der Waals surface area contributed by atoms with Gasteiger partial charge in [-0.05, 0) is 19.3 Å². The van der Waals surface area contributed by atoms with Crippen LogP contribution in [0, 0.1) is 5.92 Å². The fraction of sp³-hybridized carbons (Fsp3) is 0.900. The number of nitrogens with one attached hydrogen (secondary N) is 1. The largest absolute Gasteiger partial charge is 0.356 e. The third kappa shape index (κ3) is 6.88. The smallest absolute Gasteiger partial charge is 0.222 e. The van der Waals surface area contributed by atoms with Crippen molar-refractivity contribution in [1.82, 2.24) is 5.32 Å². The summed E-state index contributed by atoms with van der Waals surface area (Å²) >= 11 is 5.52. The summed E-state index contributed by atoms with van der Waals surface area (Å²) in [7, 11) is 0. The van der Waals surface area contributed by atoms with Crippen molar-refractivity contribution in [2.75, 3.05) is 12.4 Å². The number of alkyl halides is 1. The summed E-state index contributed by atoms with van der Waals surface area (Å²) in [6.45, 7) is 4.83. The minimum Gasteiger partial charge on any atom is -0.356 e. The molecule has 1 N–H and O–H groups in total. The van der Waals surface area contributed by atoms with Crippen LogP contribution in [-0.4, -0.2) is 18.3 Å². The normalized spacial score (nSPS) is 12.5. The molecule has 1 unspecified atom stereocenters. The second-order valence-electron chi connectivity index (χ2n) is 3.38. The van der Waals surface area contributed by atoms with Crippen LogP contribution in [0.25, 0.3) is 0 Å².